The fraction of sp³-hybridized carbons (Fsp3) is 0.200. The van der Waals surface area contributed by atoms with Gasteiger partial charge in [0.2, 0.25) is 71.4 Å². The van der Waals surface area contributed by atoms with E-state index in [9.17, 15) is 20.4 Å². The Kier molecular flexibility index (Phi) is 15.9. The number of aromatic nitrogens is 12. The SMILES string of the molecule is Nc1nc(NCCO)nc(Nc2ccc(C(c3ccc(Nc4nc(N)nc(NCCO)n4)cc3)(c3ccc(Nc4nc(N)nc(NCCO)n4)cc3)c3ccc(Nc4nc(N)nc(NCCO)n4)cc3)cc2)n1. The second-order valence-corrected chi connectivity index (χ2v) is 15.5. The van der Waals surface area contributed by atoms with Crippen LogP contribution in [0.5, 0.6) is 0 Å². The molecule has 0 unspecified atom stereocenters. The standard InChI is InChI=1S/C45H52N24O4/c46-33-58-37(50-17-21-70)66-41(62-33)54-29-9-1-25(2-10-29)45(26-3-11-30(12-4-26)55-42-63-34(47)59-38(67-42)51-18-22-71,27-5-13-31(14-6-27)56-43-64-35(48)60-39(68-43)52-19-23-72)28-7-15-32(16-8-28)57-44-65-36(49)61-40(69-44)53-20-24-73/h1-16,70-73H,17-24H2,(H4,46,50,54,58,62,66)(H4,47,51,55,59,63,67)(H4,48,52,56,60,64,68)(H4,49,53,57,61,65,69). The third kappa shape index (κ3) is 12.6. The summed E-state index contributed by atoms with van der Waals surface area (Å²) >= 11 is 0. The Morgan fingerprint density at radius 3 is 0.671 bits per heavy atom. The zero-order valence-corrected chi connectivity index (χ0v) is 38.9. The van der Waals surface area contributed by atoms with Gasteiger partial charge in [0, 0.05) is 48.9 Å². The lowest BCUT2D eigenvalue weighted by Gasteiger charge is -2.37. The number of nitrogens with two attached hydrogens (primary N) is 4. The van der Waals surface area contributed by atoms with Crippen LogP contribution in [0.1, 0.15) is 22.3 Å². The summed E-state index contributed by atoms with van der Waals surface area (Å²) in [5, 5.41) is 61.8. The number of nitrogens with zero attached hydrogens (tertiary/aromatic N) is 12. The topological polar surface area (TPSA) is 436 Å². The summed E-state index contributed by atoms with van der Waals surface area (Å²) in [5.41, 5.74) is 28.9. The Morgan fingerprint density at radius 1 is 0.288 bits per heavy atom. The first-order valence-electron chi connectivity index (χ1n) is 22.5. The molecule has 4 aromatic heterocycles. The third-order valence-electron chi connectivity index (χ3n) is 10.5. The smallest absolute Gasteiger partial charge is 0.233 e. The van der Waals surface area contributed by atoms with Gasteiger partial charge in [-0.3, -0.25) is 0 Å². The molecule has 0 amide bonds. The highest BCUT2D eigenvalue weighted by atomic mass is 16.3. The summed E-state index contributed by atoms with van der Waals surface area (Å²) in [6.07, 6.45) is 0. The molecule has 8 aromatic rings. The van der Waals surface area contributed by atoms with E-state index >= 15 is 0 Å². The Labute approximate surface area is 416 Å². The molecule has 73 heavy (non-hydrogen) atoms. The van der Waals surface area contributed by atoms with E-state index in [-0.39, 0.29) is 124 Å². The highest BCUT2D eigenvalue weighted by molar-refractivity contribution is 5.68. The van der Waals surface area contributed by atoms with Crippen molar-refractivity contribution in [3.63, 3.8) is 0 Å². The van der Waals surface area contributed by atoms with Gasteiger partial charge < -0.3 is 85.9 Å². The number of hydrogen-bond donors (Lipinski definition) is 16. The summed E-state index contributed by atoms with van der Waals surface area (Å²) in [4.78, 5) is 51.1. The lowest BCUT2D eigenvalue weighted by molar-refractivity contribution is 0.310. The molecule has 376 valence electrons. The zero-order chi connectivity index (χ0) is 51.2. The maximum Gasteiger partial charge on any atom is 0.233 e. The first-order chi connectivity index (χ1) is 35.5. The third-order valence-corrected chi connectivity index (χ3v) is 10.5. The highest BCUT2D eigenvalue weighted by Gasteiger charge is 2.39. The lowest BCUT2D eigenvalue weighted by Crippen LogP contribution is -2.31. The maximum atomic E-state index is 9.34. The molecule has 4 aromatic carbocycles. The summed E-state index contributed by atoms with van der Waals surface area (Å²) in [5.74, 6) is 1.45. The molecule has 0 atom stereocenters. The molecule has 0 saturated carbocycles. The fourth-order valence-corrected chi connectivity index (χ4v) is 7.51. The molecule has 28 heteroatoms. The van der Waals surface area contributed by atoms with Crippen molar-refractivity contribution in [1.29, 1.82) is 0 Å². The summed E-state index contributed by atoms with van der Waals surface area (Å²) < 4.78 is 0. The van der Waals surface area contributed by atoms with Crippen LogP contribution in [-0.2, 0) is 5.41 Å². The molecule has 0 aliphatic heterocycles. The van der Waals surface area contributed by atoms with E-state index in [4.69, 9.17) is 22.9 Å². The number of nitrogens with one attached hydrogen (secondary N) is 8. The minimum absolute atomic E-state index is 0.0179. The van der Waals surface area contributed by atoms with Gasteiger partial charge in [-0.25, -0.2) is 0 Å². The molecular weight excluding hydrogens is 941 g/mol. The minimum Gasteiger partial charge on any atom is -0.395 e. The van der Waals surface area contributed by atoms with E-state index < -0.39 is 5.41 Å². The number of benzene rings is 4. The van der Waals surface area contributed by atoms with Crippen LogP contribution >= 0.6 is 0 Å². The molecular formula is C45H52N24O4. The summed E-state index contributed by atoms with van der Waals surface area (Å²) in [7, 11) is 0. The monoisotopic (exact) mass is 992 g/mol. The van der Waals surface area contributed by atoms with Crippen molar-refractivity contribution < 1.29 is 20.4 Å². The fourth-order valence-electron chi connectivity index (χ4n) is 7.51. The maximum absolute atomic E-state index is 9.34. The van der Waals surface area contributed by atoms with E-state index in [1.54, 1.807) is 0 Å². The second kappa shape index (κ2) is 23.3. The minimum atomic E-state index is -1.07. The number of aliphatic hydroxyl groups excluding tert-OH is 4. The van der Waals surface area contributed by atoms with Gasteiger partial charge in [0.25, 0.3) is 0 Å². The molecule has 8 rings (SSSR count). The quantitative estimate of drug-likeness (QED) is 0.0383. The molecule has 0 fully saturated rings. The Hall–Kier alpha value is -9.64. The molecule has 0 spiro atoms. The summed E-state index contributed by atoms with van der Waals surface area (Å²) in [6.45, 7) is 0.329. The number of hydrogen-bond acceptors (Lipinski definition) is 28. The van der Waals surface area contributed by atoms with Gasteiger partial charge in [0.15, 0.2) is 0 Å². The van der Waals surface area contributed by atoms with Crippen molar-refractivity contribution in [3.05, 3.63) is 119 Å². The Bertz CT molecular complexity index is 2670. The van der Waals surface area contributed by atoms with Crippen LogP contribution in [0, 0.1) is 0 Å². The number of aliphatic hydroxyl groups is 4. The predicted octanol–water partition coefficient (Wildman–Crippen LogP) is 1.73. The molecule has 20 N–H and O–H groups in total. The average Bonchev–Trinajstić information content (AvgIpc) is 3.37. The molecule has 4 heterocycles. The molecule has 0 saturated heterocycles. The highest BCUT2D eigenvalue weighted by Crippen LogP contribution is 2.46. The van der Waals surface area contributed by atoms with Gasteiger partial charge in [-0.05, 0) is 70.8 Å². The van der Waals surface area contributed by atoms with Gasteiger partial charge in [-0.1, -0.05) is 48.5 Å². The molecule has 28 nitrogen and oxygen atoms in total. The van der Waals surface area contributed by atoms with Crippen molar-refractivity contribution in [2.45, 2.75) is 5.41 Å². The Balaban J connectivity index is 1.24. The first kappa shape index (κ1) is 49.8. The van der Waals surface area contributed by atoms with Crippen molar-refractivity contribution in [2.75, 3.05) is 118 Å². The van der Waals surface area contributed by atoms with E-state index in [1.807, 2.05) is 97.1 Å². The zero-order valence-electron chi connectivity index (χ0n) is 38.9. The number of rotatable bonds is 24. The van der Waals surface area contributed by atoms with Gasteiger partial charge in [0.1, 0.15) is 0 Å². The van der Waals surface area contributed by atoms with Crippen LogP contribution in [0.3, 0.4) is 0 Å². The summed E-state index contributed by atoms with van der Waals surface area (Å²) in [6, 6.07) is 31.0. The number of nitrogen functional groups attached to an aromatic ring is 4. The van der Waals surface area contributed by atoms with Crippen molar-refractivity contribution in [2.24, 2.45) is 0 Å². The van der Waals surface area contributed by atoms with Gasteiger partial charge in [-0.15, -0.1) is 0 Å². The van der Waals surface area contributed by atoms with Crippen LogP contribution < -0.4 is 65.5 Å². The predicted molar refractivity (Wildman–Crippen MR) is 277 cm³/mol. The van der Waals surface area contributed by atoms with E-state index in [0.29, 0.717) is 22.7 Å². The van der Waals surface area contributed by atoms with Crippen molar-refractivity contribution in [1.82, 2.24) is 59.8 Å². The van der Waals surface area contributed by atoms with Crippen LogP contribution in [0.25, 0.3) is 0 Å². The van der Waals surface area contributed by atoms with Crippen molar-refractivity contribution >= 4 is 94.1 Å². The average molecular weight is 993 g/mol. The van der Waals surface area contributed by atoms with Crippen LogP contribution in [0.4, 0.5) is 94.1 Å². The van der Waals surface area contributed by atoms with Gasteiger partial charge >= 0.3 is 0 Å². The van der Waals surface area contributed by atoms with Gasteiger partial charge in [0.05, 0.1) is 31.8 Å². The normalized spacial score (nSPS) is 11.1. The van der Waals surface area contributed by atoms with E-state index in [2.05, 4.69) is 102 Å². The van der Waals surface area contributed by atoms with Gasteiger partial charge in [-0.2, -0.15) is 59.8 Å². The number of anilines is 16. The molecule has 0 radical (unpaired) electrons. The van der Waals surface area contributed by atoms with E-state index in [1.165, 1.54) is 0 Å². The first-order valence-corrected chi connectivity index (χ1v) is 22.5. The van der Waals surface area contributed by atoms with Crippen LogP contribution in [-0.4, -0.2) is 133 Å². The molecule has 0 aliphatic rings. The van der Waals surface area contributed by atoms with Crippen LogP contribution in [0.15, 0.2) is 97.1 Å². The second-order valence-electron chi connectivity index (χ2n) is 15.5. The Morgan fingerprint density at radius 2 is 0.479 bits per heavy atom. The molecule has 0 aliphatic carbocycles. The lowest BCUT2D eigenvalue weighted by atomic mass is 9.65. The molecule has 0 bridgehead atoms. The largest absolute Gasteiger partial charge is 0.395 e. The van der Waals surface area contributed by atoms with E-state index in [0.717, 1.165) is 22.3 Å². The van der Waals surface area contributed by atoms with Crippen LogP contribution in [0.2, 0.25) is 0 Å². The van der Waals surface area contributed by atoms with Crippen molar-refractivity contribution in [3.8, 4) is 0 Å².